The van der Waals surface area contributed by atoms with Crippen LogP contribution in [0.3, 0.4) is 0 Å². The van der Waals surface area contributed by atoms with E-state index >= 15 is 0 Å². The Balaban J connectivity index is 0. The smallest absolute Gasteiger partial charge is 0.392 e. The van der Waals surface area contributed by atoms with Crippen LogP contribution in [0.2, 0.25) is 0 Å². The van der Waals surface area contributed by atoms with E-state index in [2.05, 4.69) is 0 Å². The van der Waals surface area contributed by atoms with E-state index in [0.29, 0.717) is 0 Å². The third kappa shape index (κ3) is 75.8. The first-order valence-corrected chi connectivity index (χ1v) is 4.36. The lowest BCUT2D eigenvalue weighted by Gasteiger charge is -1.82. The van der Waals surface area contributed by atoms with Gasteiger partial charge in [-0.15, -0.1) is 0 Å². The van der Waals surface area contributed by atoms with Crippen LogP contribution in [0.5, 0.6) is 0 Å². The molecule has 0 aliphatic carbocycles. The number of phosphoric acid groups is 1. The van der Waals surface area contributed by atoms with Gasteiger partial charge < -0.3 is 19.8 Å². The van der Waals surface area contributed by atoms with E-state index in [9.17, 15) is 0 Å². The average Bonchev–Trinajstić information content (AvgIpc) is 1.58. The van der Waals surface area contributed by atoms with E-state index in [1.807, 2.05) is 13.8 Å². The Hall–Kier alpha value is -0.190. The molecule has 0 aliphatic rings. The van der Waals surface area contributed by atoms with Crippen LogP contribution in [0.1, 0.15) is 13.8 Å². The topological polar surface area (TPSA) is 98.0 Å². The molecule has 0 aromatic heterocycles. The van der Waals surface area contributed by atoms with Crippen LogP contribution >= 0.6 is 7.82 Å². The van der Waals surface area contributed by atoms with Gasteiger partial charge in [0, 0.05) is 0 Å². The second-order valence-electron chi connectivity index (χ2n) is 1.98. The molecule has 0 amide bonds. The SMILES string of the molecule is CC(C)=CCO.O=P(O)(O)O. The van der Waals surface area contributed by atoms with E-state index in [1.54, 1.807) is 6.08 Å². The normalized spacial score (nSPS) is 9.64. The molecule has 0 aliphatic heterocycles. The zero-order chi connectivity index (χ0) is 9.49. The van der Waals surface area contributed by atoms with Gasteiger partial charge >= 0.3 is 7.82 Å². The van der Waals surface area contributed by atoms with Crippen LogP contribution in [0.4, 0.5) is 0 Å². The van der Waals surface area contributed by atoms with Gasteiger partial charge in [0.05, 0.1) is 6.61 Å². The standard InChI is InChI=1S/C5H10O.H3O4P/c1-5(2)3-4-6;1-5(2,3)4/h3,6H,4H2,1-2H3;(H3,1,2,3,4). The van der Waals surface area contributed by atoms with Crippen molar-refractivity contribution in [1.82, 2.24) is 0 Å². The predicted molar refractivity (Wildman–Crippen MR) is 40.8 cm³/mol. The zero-order valence-electron chi connectivity index (χ0n) is 6.43. The van der Waals surface area contributed by atoms with Crippen molar-refractivity contribution in [3.63, 3.8) is 0 Å². The van der Waals surface area contributed by atoms with Crippen LogP contribution in [-0.4, -0.2) is 26.4 Å². The van der Waals surface area contributed by atoms with Crippen molar-refractivity contribution in [1.29, 1.82) is 0 Å². The number of aliphatic hydroxyl groups excluding tert-OH is 1. The van der Waals surface area contributed by atoms with Crippen molar-refractivity contribution >= 4 is 7.82 Å². The van der Waals surface area contributed by atoms with Crippen molar-refractivity contribution in [2.45, 2.75) is 13.8 Å². The number of allylic oxidation sites excluding steroid dienone is 1. The minimum absolute atomic E-state index is 0.169. The molecule has 0 spiro atoms. The minimum Gasteiger partial charge on any atom is -0.392 e. The van der Waals surface area contributed by atoms with Crippen molar-refractivity contribution in [3.8, 4) is 0 Å². The molecule has 0 radical (unpaired) electrons. The van der Waals surface area contributed by atoms with Crippen molar-refractivity contribution < 1.29 is 24.4 Å². The summed E-state index contributed by atoms with van der Waals surface area (Å²) >= 11 is 0. The molecule has 0 saturated carbocycles. The first-order chi connectivity index (χ1) is 4.77. The molecule has 11 heavy (non-hydrogen) atoms. The van der Waals surface area contributed by atoms with Crippen LogP contribution in [0, 0.1) is 0 Å². The third-order valence-corrected chi connectivity index (χ3v) is 0.500. The molecule has 4 N–H and O–H groups in total. The number of aliphatic hydroxyl groups is 1. The molecule has 0 fully saturated rings. The molecule has 0 heterocycles. The number of rotatable bonds is 1. The molecule has 68 valence electrons. The summed E-state index contributed by atoms with van der Waals surface area (Å²) in [6.45, 7) is 4.08. The van der Waals surface area contributed by atoms with Gasteiger partial charge in [-0.2, -0.15) is 0 Å². The van der Waals surface area contributed by atoms with E-state index in [0.717, 1.165) is 5.57 Å². The summed E-state index contributed by atoms with van der Waals surface area (Å²) in [5.74, 6) is 0. The molecule has 5 nitrogen and oxygen atoms in total. The molecule has 0 bridgehead atoms. The van der Waals surface area contributed by atoms with Crippen LogP contribution < -0.4 is 0 Å². The molecular weight excluding hydrogens is 171 g/mol. The van der Waals surface area contributed by atoms with Crippen molar-refractivity contribution in [2.75, 3.05) is 6.61 Å². The summed E-state index contributed by atoms with van der Waals surface area (Å²) in [4.78, 5) is 21.6. The summed E-state index contributed by atoms with van der Waals surface area (Å²) < 4.78 is 8.88. The molecule has 6 heteroatoms. The first kappa shape index (κ1) is 13.4. The van der Waals surface area contributed by atoms with Gasteiger partial charge in [0.15, 0.2) is 0 Å². The minimum atomic E-state index is -4.64. The molecule has 0 aromatic rings. The van der Waals surface area contributed by atoms with Gasteiger partial charge in [-0.05, 0) is 13.8 Å². The highest BCUT2D eigenvalue weighted by Gasteiger charge is 2.00. The fraction of sp³-hybridized carbons (Fsp3) is 0.600. The largest absolute Gasteiger partial charge is 0.466 e. The van der Waals surface area contributed by atoms with Gasteiger partial charge in [-0.1, -0.05) is 11.6 Å². The number of hydrogen-bond donors (Lipinski definition) is 4. The Bertz CT molecular complexity index is 146. The fourth-order valence-corrected chi connectivity index (χ4v) is 0.183. The van der Waals surface area contributed by atoms with E-state index in [1.165, 1.54) is 0 Å². The Morgan fingerprint density at radius 2 is 1.64 bits per heavy atom. The fourth-order valence-electron chi connectivity index (χ4n) is 0.183. The quantitative estimate of drug-likeness (QED) is 0.340. The highest BCUT2D eigenvalue weighted by molar-refractivity contribution is 7.45. The summed E-state index contributed by atoms with van der Waals surface area (Å²) in [6.07, 6.45) is 1.76. The lowest BCUT2D eigenvalue weighted by Crippen LogP contribution is -1.71. The Labute approximate surface area is 65.2 Å². The average molecular weight is 184 g/mol. The zero-order valence-corrected chi connectivity index (χ0v) is 7.32. The van der Waals surface area contributed by atoms with Crippen LogP contribution in [0.25, 0.3) is 0 Å². The van der Waals surface area contributed by atoms with Gasteiger partial charge in [0.1, 0.15) is 0 Å². The molecular formula is C5H13O5P. The maximum atomic E-state index is 8.88. The van der Waals surface area contributed by atoms with Gasteiger partial charge in [-0.3, -0.25) is 0 Å². The first-order valence-electron chi connectivity index (χ1n) is 2.80. The number of hydrogen-bond acceptors (Lipinski definition) is 2. The summed E-state index contributed by atoms with van der Waals surface area (Å²) in [5, 5.41) is 8.16. The van der Waals surface area contributed by atoms with Crippen molar-refractivity contribution in [2.24, 2.45) is 0 Å². The maximum absolute atomic E-state index is 8.88. The summed E-state index contributed by atoms with van der Waals surface area (Å²) in [7, 11) is -4.64. The van der Waals surface area contributed by atoms with Crippen LogP contribution in [0.15, 0.2) is 11.6 Å². The Kier molecular flexibility index (Phi) is 7.94. The highest BCUT2D eigenvalue weighted by atomic mass is 31.2. The summed E-state index contributed by atoms with van der Waals surface area (Å²) in [6, 6.07) is 0. The summed E-state index contributed by atoms with van der Waals surface area (Å²) in [5.41, 5.74) is 1.16. The van der Waals surface area contributed by atoms with Gasteiger partial charge in [0.2, 0.25) is 0 Å². The van der Waals surface area contributed by atoms with Gasteiger partial charge in [0.25, 0.3) is 0 Å². The monoisotopic (exact) mass is 184 g/mol. The predicted octanol–water partition coefficient (Wildman–Crippen LogP) is 0.0163. The van der Waals surface area contributed by atoms with Gasteiger partial charge in [-0.25, -0.2) is 4.57 Å². The van der Waals surface area contributed by atoms with E-state index < -0.39 is 7.82 Å². The molecule has 0 atom stereocenters. The lowest BCUT2D eigenvalue weighted by atomic mass is 10.3. The Morgan fingerprint density at radius 3 is 1.64 bits per heavy atom. The molecule has 0 saturated heterocycles. The second-order valence-corrected chi connectivity index (χ2v) is 3.00. The highest BCUT2D eigenvalue weighted by Crippen LogP contribution is 2.25. The van der Waals surface area contributed by atoms with Crippen molar-refractivity contribution in [3.05, 3.63) is 11.6 Å². The second kappa shape index (κ2) is 6.52. The third-order valence-electron chi connectivity index (χ3n) is 0.500. The molecule has 0 rings (SSSR count). The lowest BCUT2D eigenvalue weighted by molar-refractivity contribution is 0.275. The maximum Gasteiger partial charge on any atom is 0.466 e. The van der Waals surface area contributed by atoms with Crippen LogP contribution in [-0.2, 0) is 4.57 Å². The van der Waals surface area contributed by atoms with E-state index in [-0.39, 0.29) is 6.61 Å². The van der Waals surface area contributed by atoms with E-state index in [4.69, 9.17) is 24.4 Å². The Morgan fingerprint density at radius 1 is 1.36 bits per heavy atom. The molecule has 0 unspecified atom stereocenters. The molecule has 0 aromatic carbocycles.